The van der Waals surface area contributed by atoms with Crippen LogP contribution >= 0.6 is 0 Å². The number of carbonyl (C=O) groups excluding carboxylic acids is 1. The molecule has 1 rings (SSSR count). The standard InChI is InChI=1S/C11H18N4O2/c1-9-10(7-13-8-15-9)11(16)14-4-3-12-5-6-17-2/h7-8,12H,3-6H2,1-2H3,(H,14,16). The van der Waals surface area contributed by atoms with Gasteiger partial charge in [-0.3, -0.25) is 4.79 Å². The van der Waals surface area contributed by atoms with Crippen LogP contribution < -0.4 is 10.6 Å². The van der Waals surface area contributed by atoms with Gasteiger partial charge in [0.25, 0.3) is 5.91 Å². The highest BCUT2D eigenvalue weighted by Crippen LogP contribution is 2.00. The van der Waals surface area contributed by atoms with Crippen LogP contribution in [-0.4, -0.2) is 49.2 Å². The van der Waals surface area contributed by atoms with Crippen LogP contribution in [0.4, 0.5) is 0 Å². The van der Waals surface area contributed by atoms with E-state index in [9.17, 15) is 4.79 Å². The van der Waals surface area contributed by atoms with Crippen LogP contribution in [0.25, 0.3) is 0 Å². The first-order chi connectivity index (χ1) is 8.25. The molecule has 0 spiro atoms. The van der Waals surface area contributed by atoms with Crippen LogP contribution in [0.15, 0.2) is 12.5 Å². The molecule has 1 aromatic heterocycles. The molecular weight excluding hydrogens is 220 g/mol. The van der Waals surface area contributed by atoms with Crippen LogP contribution in [0.1, 0.15) is 16.1 Å². The number of aryl methyl sites for hydroxylation is 1. The van der Waals surface area contributed by atoms with E-state index in [-0.39, 0.29) is 5.91 Å². The van der Waals surface area contributed by atoms with Gasteiger partial charge in [0.15, 0.2) is 0 Å². The van der Waals surface area contributed by atoms with Crippen LogP contribution in [0.2, 0.25) is 0 Å². The second-order valence-corrected chi connectivity index (χ2v) is 3.52. The average Bonchev–Trinajstić information content (AvgIpc) is 2.34. The van der Waals surface area contributed by atoms with E-state index in [1.807, 2.05) is 0 Å². The van der Waals surface area contributed by atoms with E-state index in [1.165, 1.54) is 12.5 Å². The molecule has 1 amide bonds. The van der Waals surface area contributed by atoms with Crippen LogP contribution in [0, 0.1) is 6.92 Å². The number of nitrogens with zero attached hydrogens (tertiary/aromatic N) is 2. The maximum Gasteiger partial charge on any atom is 0.254 e. The summed E-state index contributed by atoms with van der Waals surface area (Å²) in [4.78, 5) is 19.5. The molecule has 0 aliphatic heterocycles. The molecule has 0 atom stereocenters. The molecule has 0 aliphatic rings. The Kier molecular flexibility index (Phi) is 6.13. The molecule has 0 fully saturated rings. The lowest BCUT2D eigenvalue weighted by atomic mass is 10.2. The van der Waals surface area contributed by atoms with Gasteiger partial charge in [-0.15, -0.1) is 0 Å². The van der Waals surface area contributed by atoms with E-state index in [2.05, 4.69) is 20.6 Å². The summed E-state index contributed by atoms with van der Waals surface area (Å²) in [5.74, 6) is -0.142. The van der Waals surface area contributed by atoms with Crippen molar-refractivity contribution in [3.63, 3.8) is 0 Å². The van der Waals surface area contributed by atoms with Crippen molar-refractivity contribution >= 4 is 5.91 Å². The predicted octanol–water partition coefficient (Wildman–Crippen LogP) is -0.249. The Morgan fingerprint density at radius 1 is 1.41 bits per heavy atom. The summed E-state index contributed by atoms with van der Waals surface area (Å²) in [6.07, 6.45) is 2.95. The quantitative estimate of drug-likeness (QED) is 0.641. The zero-order chi connectivity index (χ0) is 12.5. The lowest BCUT2D eigenvalue weighted by molar-refractivity contribution is 0.0952. The first-order valence-corrected chi connectivity index (χ1v) is 5.50. The van der Waals surface area contributed by atoms with Crippen LogP contribution in [-0.2, 0) is 4.74 Å². The van der Waals surface area contributed by atoms with Gasteiger partial charge in [0, 0.05) is 32.9 Å². The largest absolute Gasteiger partial charge is 0.383 e. The summed E-state index contributed by atoms with van der Waals surface area (Å²) < 4.78 is 4.89. The Morgan fingerprint density at radius 3 is 2.94 bits per heavy atom. The van der Waals surface area contributed by atoms with Crippen LogP contribution in [0.5, 0.6) is 0 Å². The minimum Gasteiger partial charge on any atom is -0.383 e. The molecule has 6 heteroatoms. The molecule has 0 bridgehead atoms. The number of nitrogens with one attached hydrogen (secondary N) is 2. The minimum atomic E-state index is -0.142. The topological polar surface area (TPSA) is 76.1 Å². The number of hydrogen-bond acceptors (Lipinski definition) is 5. The number of carbonyl (C=O) groups is 1. The third-order valence-electron chi connectivity index (χ3n) is 2.23. The van der Waals surface area contributed by atoms with Gasteiger partial charge < -0.3 is 15.4 Å². The van der Waals surface area contributed by atoms with E-state index in [1.54, 1.807) is 14.0 Å². The molecule has 1 aromatic rings. The van der Waals surface area contributed by atoms with Gasteiger partial charge in [0.2, 0.25) is 0 Å². The van der Waals surface area contributed by atoms with E-state index in [0.29, 0.717) is 31.0 Å². The molecule has 1 heterocycles. The zero-order valence-corrected chi connectivity index (χ0v) is 10.2. The maximum absolute atomic E-state index is 11.7. The summed E-state index contributed by atoms with van der Waals surface area (Å²) >= 11 is 0. The number of methoxy groups -OCH3 is 1. The molecule has 94 valence electrons. The fourth-order valence-corrected chi connectivity index (χ4v) is 1.27. The minimum absolute atomic E-state index is 0.142. The third kappa shape index (κ3) is 4.88. The van der Waals surface area contributed by atoms with Crippen molar-refractivity contribution in [1.82, 2.24) is 20.6 Å². The lowest BCUT2D eigenvalue weighted by Crippen LogP contribution is -2.33. The smallest absolute Gasteiger partial charge is 0.254 e. The molecule has 0 unspecified atom stereocenters. The van der Waals surface area contributed by atoms with Gasteiger partial charge in [0.1, 0.15) is 6.33 Å². The summed E-state index contributed by atoms with van der Waals surface area (Å²) in [5, 5.41) is 5.93. The van der Waals surface area contributed by atoms with Crippen molar-refractivity contribution in [2.45, 2.75) is 6.92 Å². The zero-order valence-electron chi connectivity index (χ0n) is 10.2. The van der Waals surface area contributed by atoms with Crippen molar-refractivity contribution in [3.8, 4) is 0 Å². The monoisotopic (exact) mass is 238 g/mol. The highest BCUT2D eigenvalue weighted by molar-refractivity contribution is 5.94. The van der Waals surface area contributed by atoms with Gasteiger partial charge in [0.05, 0.1) is 17.9 Å². The highest BCUT2D eigenvalue weighted by Gasteiger charge is 2.08. The van der Waals surface area contributed by atoms with Crippen molar-refractivity contribution in [3.05, 3.63) is 23.8 Å². The van der Waals surface area contributed by atoms with E-state index in [0.717, 1.165) is 6.54 Å². The second-order valence-electron chi connectivity index (χ2n) is 3.52. The number of amides is 1. The third-order valence-corrected chi connectivity index (χ3v) is 2.23. The van der Waals surface area contributed by atoms with Crippen molar-refractivity contribution < 1.29 is 9.53 Å². The molecule has 0 saturated heterocycles. The highest BCUT2D eigenvalue weighted by atomic mass is 16.5. The van der Waals surface area contributed by atoms with Gasteiger partial charge in [-0.2, -0.15) is 0 Å². The summed E-state index contributed by atoms with van der Waals surface area (Å²) in [6, 6.07) is 0. The first kappa shape index (κ1) is 13.5. The Labute approximate surface area is 101 Å². The molecule has 0 aromatic carbocycles. The number of ether oxygens (including phenoxy) is 1. The van der Waals surface area contributed by atoms with Crippen molar-refractivity contribution in [2.75, 3.05) is 33.4 Å². The van der Waals surface area contributed by atoms with Crippen molar-refractivity contribution in [2.24, 2.45) is 0 Å². The Bertz CT molecular complexity index is 357. The fourth-order valence-electron chi connectivity index (χ4n) is 1.27. The Morgan fingerprint density at radius 2 is 2.24 bits per heavy atom. The van der Waals surface area contributed by atoms with Gasteiger partial charge >= 0.3 is 0 Å². The fraction of sp³-hybridized carbons (Fsp3) is 0.545. The average molecular weight is 238 g/mol. The Balaban J connectivity index is 2.24. The van der Waals surface area contributed by atoms with Gasteiger partial charge in [-0.1, -0.05) is 0 Å². The molecule has 2 N–H and O–H groups in total. The molecule has 17 heavy (non-hydrogen) atoms. The Hall–Kier alpha value is -1.53. The molecule has 0 radical (unpaired) electrons. The van der Waals surface area contributed by atoms with Gasteiger partial charge in [-0.05, 0) is 6.92 Å². The van der Waals surface area contributed by atoms with E-state index in [4.69, 9.17) is 4.74 Å². The number of hydrogen-bond donors (Lipinski definition) is 2. The van der Waals surface area contributed by atoms with E-state index >= 15 is 0 Å². The van der Waals surface area contributed by atoms with E-state index < -0.39 is 0 Å². The van der Waals surface area contributed by atoms with Gasteiger partial charge in [-0.25, -0.2) is 9.97 Å². The molecule has 0 saturated carbocycles. The molecular formula is C11H18N4O2. The summed E-state index contributed by atoms with van der Waals surface area (Å²) in [6.45, 7) is 4.51. The van der Waals surface area contributed by atoms with Crippen LogP contribution in [0.3, 0.4) is 0 Å². The first-order valence-electron chi connectivity index (χ1n) is 5.50. The SMILES string of the molecule is COCCNCCNC(=O)c1cncnc1C. The number of aromatic nitrogens is 2. The second kappa shape index (κ2) is 7.70. The number of rotatable bonds is 7. The lowest BCUT2D eigenvalue weighted by Gasteiger charge is -2.07. The molecule has 6 nitrogen and oxygen atoms in total. The maximum atomic E-state index is 11.7. The summed E-state index contributed by atoms with van der Waals surface area (Å²) in [5.41, 5.74) is 1.20. The van der Waals surface area contributed by atoms with Crippen molar-refractivity contribution in [1.29, 1.82) is 0 Å². The molecule has 0 aliphatic carbocycles. The summed E-state index contributed by atoms with van der Waals surface area (Å²) in [7, 11) is 1.65. The normalized spacial score (nSPS) is 10.2. The predicted molar refractivity (Wildman–Crippen MR) is 63.8 cm³/mol.